The smallest absolute Gasteiger partial charge is 0.0866 e. The molecule has 78 valence electrons. The Bertz CT molecular complexity index is 471. The minimum Gasteiger partial charge on any atom is -0.385 e. The van der Waals surface area contributed by atoms with E-state index >= 15 is 0 Å². The summed E-state index contributed by atoms with van der Waals surface area (Å²) in [7, 11) is 0. The maximum atomic E-state index is 10.2. The van der Waals surface area contributed by atoms with Gasteiger partial charge in [-0.05, 0) is 35.7 Å². The molecule has 15 heavy (non-hydrogen) atoms. The Balaban J connectivity index is 2.56. The van der Waals surface area contributed by atoms with Crippen LogP contribution in [-0.2, 0) is 5.60 Å². The van der Waals surface area contributed by atoms with Gasteiger partial charge in [-0.15, -0.1) is 0 Å². The second-order valence-corrected chi connectivity index (χ2v) is 4.19. The number of rotatable bonds is 2. The van der Waals surface area contributed by atoms with E-state index < -0.39 is 5.60 Å². The summed E-state index contributed by atoms with van der Waals surface area (Å²) in [4.78, 5) is 0. The molecule has 0 aliphatic carbocycles. The lowest BCUT2D eigenvalue weighted by molar-refractivity contribution is 0.0532. The first-order valence-electron chi connectivity index (χ1n) is 5.35. The Morgan fingerprint density at radius 1 is 1.07 bits per heavy atom. The first-order chi connectivity index (χ1) is 7.13. The molecule has 0 bridgehead atoms. The van der Waals surface area contributed by atoms with Gasteiger partial charge in [0.1, 0.15) is 0 Å². The lowest BCUT2D eigenvalue weighted by Gasteiger charge is -2.22. The van der Waals surface area contributed by atoms with E-state index in [1.54, 1.807) is 0 Å². The van der Waals surface area contributed by atoms with Crippen molar-refractivity contribution in [2.45, 2.75) is 25.9 Å². The van der Waals surface area contributed by atoms with Gasteiger partial charge in [-0.1, -0.05) is 43.3 Å². The Kier molecular flexibility index (Phi) is 2.49. The van der Waals surface area contributed by atoms with E-state index in [4.69, 9.17) is 0 Å². The number of fused-ring (bicyclic) bond motifs is 1. The summed E-state index contributed by atoms with van der Waals surface area (Å²) in [5, 5.41) is 12.6. The molecule has 0 radical (unpaired) electrons. The molecule has 1 N–H and O–H groups in total. The lowest BCUT2D eigenvalue weighted by atomic mass is 9.91. The predicted molar refractivity (Wildman–Crippen MR) is 63.8 cm³/mol. The molecule has 2 rings (SSSR count). The van der Waals surface area contributed by atoms with E-state index in [2.05, 4.69) is 24.3 Å². The quantitative estimate of drug-likeness (QED) is 0.787. The maximum Gasteiger partial charge on any atom is 0.0866 e. The van der Waals surface area contributed by atoms with Gasteiger partial charge >= 0.3 is 0 Å². The average molecular weight is 200 g/mol. The summed E-state index contributed by atoms with van der Waals surface area (Å²) >= 11 is 0. The van der Waals surface area contributed by atoms with E-state index in [1.807, 2.05) is 32.0 Å². The summed E-state index contributed by atoms with van der Waals surface area (Å²) < 4.78 is 0. The minimum absolute atomic E-state index is 0.718. The zero-order chi connectivity index (χ0) is 10.9. The highest BCUT2D eigenvalue weighted by Crippen LogP contribution is 2.27. The van der Waals surface area contributed by atoms with E-state index in [0.717, 1.165) is 12.0 Å². The number of benzene rings is 2. The van der Waals surface area contributed by atoms with Gasteiger partial charge in [0.05, 0.1) is 5.60 Å². The fourth-order valence-electron chi connectivity index (χ4n) is 1.73. The second kappa shape index (κ2) is 3.67. The summed E-state index contributed by atoms with van der Waals surface area (Å²) in [6.45, 7) is 3.85. The van der Waals surface area contributed by atoms with Crippen molar-refractivity contribution in [1.82, 2.24) is 0 Å². The molecule has 0 aliphatic heterocycles. The van der Waals surface area contributed by atoms with Crippen LogP contribution in [0, 0.1) is 0 Å². The molecule has 0 spiro atoms. The normalized spacial score (nSPS) is 15.1. The van der Waals surface area contributed by atoms with Crippen LogP contribution in [-0.4, -0.2) is 5.11 Å². The Morgan fingerprint density at radius 2 is 1.73 bits per heavy atom. The number of hydrogen-bond donors (Lipinski definition) is 1. The van der Waals surface area contributed by atoms with Gasteiger partial charge in [-0.2, -0.15) is 0 Å². The number of hydrogen-bond acceptors (Lipinski definition) is 1. The van der Waals surface area contributed by atoms with Crippen molar-refractivity contribution in [3.63, 3.8) is 0 Å². The molecule has 1 heteroatoms. The van der Waals surface area contributed by atoms with Gasteiger partial charge < -0.3 is 5.11 Å². The Hall–Kier alpha value is -1.34. The molecule has 0 saturated heterocycles. The van der Waals surface area contributed by atoms with Gasteiger partial charge in [-0.25, -0.2) is 0 Å². The van der Waals surface area contributed by atoms with Crippen LogP contribution in [0.3, 0.4) is 0 Å². The highest BCUT2D eigenvalue weighted by atomic mass is 16.3. The van der Waals surface area contributed by atoms with E-state index in [-0.39, 0.29) is 0 Å². The van der Waals surface area contributed by atoms with Crippen molar-refractivity contribution in [2.24, 2.45) is 0 Å². The van der Waals surface area contributed by atoms with Gasteiger partial charge in [0.15, 0.2) is 0 Å². The number of aliphatic hydroxyl groups is 1. The van der Waals surface area contributed by atoms with Crippen LogP contribution in [0.5, 0.6) is 0 Å². The molecule has 1 unspecified atom stereocenters. The van der Waals surface area contributed by atoms with Gasteiger partial charge in [0.2, 0.25) is 0 Å². The van der Waals surface area contributed by atoms with Crippen molar-refractivity contribution in [1.29, 1.82) is 0 Å². The van der Waals surface area contributed by atoms with E-state index in [0.29, 0.717) is 0 Å². The third-order valence-corrected chi connectivity index (χ3v) is 3.06. The van der Waals surface area contributed by atoms with Crippen LogP contribution in [0.4, 0.5) is 0 Å². The minimum atomic E-state index is -0.718. The average Bonchev–Trinajstić information content (AvgIpc) is 2.28. The lowest BCUT2D eigenvalue weighted by Crippen LogP contribution is -2.19. The molecule has 1 atom stereocenters. The largest absolute Gasteiger partial charge is 0.385 e. The third kappa shape index (κ3) is 1.88. The van der Waals surface area contributed by atoms with Gasteiger partial charge in [0, 0.05) is 0 Å². The highest BCUT2D eigenvalue weighted by molar-refractivity contribution is 5.83. The van der Waals surface area contributed by atoms with Gasteiger partial charge in [-0.3, -0.25) is 0 Å². The second-order valence-electron chi connectivity index (χ2n) is 4.19. The Morgan fingerprint density at radius 3 is 2.40 bits per heavy atom. The zero-order valence-electron chi connectivity index (χ0n) is 9.20. The van der Waals surface area contributed by atoms with Crippen LogP contribution in [0.1, 0.15) is 25.8 Å². The fourth-order valence-corrected chi connectivity index (χ4v) is 1.73. The van der Waals surface area contributed by atoms with E-state index in [9.17, 15) is 5.11 Å². The van der Waals surface area contributed by atoms with Crippen molar-refractivity contribution in [3.05, 3.63) is 48.0 Å². The highest BCUT2D eigenvalue weighted by Gasteiger charge is 2.20. The van der Waals surface area contributed by atoms with Gasteiger partial charge in [0.25, 0.3) is 0 Å². The molecule has 0 amide bonds. The van der Waals surface area contributed by atoms with Crippen molar-refractivity contribution >= 4 is 10.8 Å². The first-order valence-corrected chi connectivity index (χ1v) is 5.35. The van der Waals surface area contributed by atoms with Crippen LogP contribution in [0.2, 0.25) is 0 Å². The molecule has 1 nitrogen and oxygen atoms in total. The molecule has 0 aliphatic rings. The third-order valence-electron chi connectivity index (χ3n) is 3.06. The Labute approximate surface area is 90.4 Å². The molecule has 2 aromatic rings. The zero-order valence-corrected chi connectivity index (χ0v) is 9.20. The van der Waals surface area contributed by atoms with Crippen LogP contribution >= 0.6 is 0 Å². The molecule has 0 heterocycles. The fraction of sp³-hybridized carbons (Fsp3) is 0.286. The van der Waals surface area contributed by atoms with Crippen molar-refractivity contribution in [2.75, 3.05) is 0 Å². The SMILES string of the molecule is CCC(C)(O)c1ccc2ccccc2c1. The van der Waals surface area contributed by atoms with E-state index in [1.165, 1.54) is 10.8 Å². The molecule has 0 saturated carbocycles. The van der Waals surface area contributed by atoms with Crippen LogP contribution in [0.15, 0.2) is 42.5 Å². The standard InChI is InChI=1S/C14H16O/c1-3-14(2,15)13-9-8-11-6-4-5-7-12(11)10-13/h4-10,15H,3H2,1-2H3. The van der Waals surface area contributed by atoms with Crippen LogP contribution in [0.25, 0.3) is 10.8 Å². The van der Waals surface area contributed by atoms with Crippen molar-refractivity contribution < 1.29 is 5.11 Å². The van der Waals surface area contributed by atoms with Crippen LogP contribution < -0.4 is 0 Å². The molecular formula is C14H16O. The predicted octanol–water partition coefficient (Wildman–Crippen LogP) is 3.46. The molecular weight excluding hydrogens is 184 g/mol. The maximum absolute atomic E-state index is 10.2. The monoisotopic (exact) mass is 200 g/mol. The summed E-state index contributed by atoms with van der Waals surface area (Å²) in [6, 6.07) is 14.3. The summed E-state index contributed by atoms with van der Waals surface area (Å²) in [5.74, 6) is 0. The molecule has 0 aromatic heterocycles. The first kappa shape index (κ1) is 10.2. The van der Waals surface area contributed by atoms with Crippen molar-refractivity contribution in [3.8, 4) is 0 Å². The molecule has 0 fully saturated rings. The molecule has 2 aromatic carbocycles. The summed E-state index contributed by atoms with van der Waals surface area (Å²) in [6.07, 6.45) is 0.728. The summed E-state index contributed by atoms with van der Waals surface area (Å²) in [5.41, 5.74) is 0.271. The topological polar surface area (TPSA) is 20.2 Å².